The topological polar surface area (TPSA) is 80.8 Å². The van der Waals surface area contributed by atoms with Gasteiger partial charge in [-0.1, -0.05) is 32.9 Å². The molecule has 0 spiro atoms. The molecular formula is C23H31N3O4S. The smallest absolute Gasteiger partial charge is 0.411 e. The molecule has 1 aromatic heterocycles. The molecule has 31 heavy (non-hydrogen) atoms. The molecular weight excluding hydrogens is 414 g/mol. The minimum absolute atomic E-state index is 0.0317. The Hall–Kier alpha value is -2.45. The van der Waals surface area contributed by atoms with Gasteiger partial charge >= 0.3 is 6.09 Å². The van der Waals surface area contributed by atoms with Crippen LogP contribution in [0.25, 0.3) is 11.3 Å². The molecule has 0 saturated carbocycles. The molecule has 2 aromatic rings. The molecule has 1 saturated heterocycles. The standard InChI is InChI=1S/C23H31N3O4S/c1-22(2,3)20(27)24-16-9-7-15(8-10-16)17-14-31-19(25-17)18-13-29-12-11-26(18)21(28)30-23(4,5)6/h7-10,14,18H,11-13H2,1-6H3,(H,24,27)/t18-/m0/s1. The van der Waals surface area contributed by atoms with Gasteiger partial charge in [-0.05, 0) is 32.9 Å². The second kappa shape index (κ2) is 8.96. The van der Waals surface area contributed by atoms with Crippen LogP contribution in [0.5, 0.6) is 0 Å². The maximum Gasteiger partial charge on any atom is 0.411 e. The number of hydrogen-bond donors (Lipinski definition) is 1. The minimum atomic E-state index is -0.557. The van der Waals surface area contributed by atoms with Crippen LogP contribution in [0.15, 0.2) is 29.6 Å². The lowest BCUT2D eigenvalue weighted by atomic mass is 9.95. The van der Waals surface area contributed by atoms with Crippen molar-refractivity contribution in [3.8, 4) is 11.3 Å². The van der Waals surface area contributed by atoms with Gasteiger partial charge in [0.1, 0.15) is 16.7 Å². The molecule has 2 amide bonds. The van der Waals surface area contributed by atoms with E-state index in [-0.39, 0.29) is 18.0 Å². The van der Waals surface area contributed by atoms with Crippen molar-refractivity contribution < 1.29 is 19.1 Å². The molecule has 168 valence electrons. The van der Waals surface area contributed by atoms with E-state index in [1.54, 1.807) is 4.90 Å². The maximum absolute atomic E-state index is 12.7. The number of rotatable bonds is 3. The number of thiazole rings is 1. The SMILES string of the molecule is CC(C)(C)OC(=O)N1CCOC[C@H]1c1nc(-c2ccc(NC(=O)C(C)(C)C)cc2)cs1. The highest BCUT2D eigenvalue weighted by molar-refractivity contribution is 7.10. The summed E-state index contributed by atoms with van der Waals surface area (Å²) in [5.74, 6) is -0.0317. The molecule has 0 radical (unpaired) electrons. The van der Waals surface area contributed by atoms with E-state index in [4.69, 9.17) is 14.5 Å². The summed E-state index contributed by atoms with van der Waals surface area (Å²) in [6.45, 7) is 12.5. The summed E-state index contributed by atoms with van der Waals surface area (Å²) in [7, 11) is 0. The van der Waals surface area contributed by atoms with Crippen molar-refractivity contribution in [2.45, 2.75) is 53.2 Å². The van der Waals surface area contributed by atoms with Crippen LogP contribution in [0.1, 0.15) is 52.6 Å². The lowest BCUT2D eigenvalue weighted by Crippen LogP contribution is -2.45. The van der Waals surface area contributed by atoms with Crippen molar-refractivity contribution in [3.05, 3.63) is 34.7 Å². The second-order valence-electron chi connectivity index (χ2n) is 9.62. The van der Waals surface area contributed by atoms with E-state index in [1.807, 2.05) is 71.2 Å². The predicted molar refractivity (Wildman–Crippen MR) is 122 cm³/mol. The van der Waals surface area contributed by atoms with Gasteiger partial charge in [-0.15, -0.1) is 11.3 Å². The van der Waals surface area contributed by atoms with Gasteiger partial charge in [0.2, 0.25) is 5.91 Å². The summed E-state index contributed by atoms with van der Waals surface area (Å²) in [6.07, 6.45) is -0.350. The highest BCUT2D eigenvalue weighted by Gasteiger charge is 2.33. The minimum Gasteiger partial charge on any atom is -0.444 e. The molecule has 0 aliphatic carbocycles. The molecule has 2 heterocycles. The monoisotopic (exact) mass is 445 g/mol. The van der Waals surface area contributed by atoms with Crippen molar-refractivity contribution in [2.24, 2.45) is 5.41 Å². The first-order valence-electron chi connectivity index (χ1n) is 10.4. The number of nitrogens with one attached hydrogen (secondary N) is 1. The van der Waals surface area contributed by atoms with Crippen LogP contribution in [-0.4, -0.2) is 47.2 Å². The summed E-state index contributed by atoms with van der Waals surface area (Å²) in [5, 5.41) is 5.71. The number of nitrogens with zero attached hydrogens (tertiary/aromatic N) is 2. The highest BCUT2D eigenvalue weighted by atomic mass is 32.1. The lowest BCUT2D eigenvalue weighted by Gasteiger charge is -2.35. The number of ether oxygens (including phenoxy) is 2. The molecule has 1 fully saturated rings. The van der Waals surface area contributed by atoms with Crippen molar-refractivity contribution in [3.63, 3.8) is 0 Å². The van der Waals surface area contributed by atoms with Gasteiger partial charge < -0.3 is 14.8 Å². The Kier molecular flexibility index (Phi) is 6.71. The van der Waals surface area contributed by atoms with E-state index < -0.39 is 11.0 Å². The van der Waals surface area contributed by atoms with E-state index in [2.05, 4.69) is 5.32 Å². The zero-order chi connectivity index (χ0) is 22.8. The van der Waals surface area contributed by atoms with Crippen LogP contribution in [0, 0.1) is 5.41 Å². The van der Waals surface area contributed by atoms with E-state index in [0.717, 1.165) is 22.0 Å². The summed E-state index contributed by atoms with van der Waals surface area (Å²) in [5.41, 5.74) is 1.50. The van der Waals surface area contributed by atoms with Crippen LogP contribution >= 0.6 is 11.3 Å². The Bertz CT molecular complexity index is 926. The number of morpholine rings is 1. The van der Waals surface area contributed by atoms with Crippen molar-refractivity contribution >= 4 is 29.0 Å². The average molecular weight is 446 g/mol. The van der Waals surface area contributed by atoms with Gasteiger partial charge in [0, 0.05) is 28.6 Å². The molecule has 0 unspecified atom stereocenters. The summed E-state index contributed by atoms with van der Waals surface area (Å²) in [6, 6.07) is 7.33. The Morgan fingerprint density at radius 1 is 1.16 bits per heavy atom. The Balaban J connectivity index is 1.74. The van der Waals surface area contributed by atoms with E-state index in [1.165, 1.54) is 11.3 Å². The number of aromatic nitrogens is 1. The second-order valence-corrected chi connectivity index (χ2v) is 10.5. The molecule has 3 rings (SSSR count). The molecule has 0 bridgehead atoms. The van der Waals surface area contributed by atoms with Gasteiger partial charge in [-0.3, -0.25) is 9.69 Å². The molecule has 1 N–H and O–H groups in total. The van der Waals surface area contributed by atoms with Crippen molar-refractivity contribution in [1.29, 1.82) is 0 Å². The van der Waals surface area contributed by atoms with Gasteiger partial charge in [-0.25, -0.2) is 9.78 Å². The first-order chi connectivity index (χ1) is 14.4. The number of amides is 2. The summed E-state index contributed by atoms with van der Waals surface area (Å²) in [4.78, 5) is 31.3. The molecule has 1 aromatic carbocycles. The fourth-order valence-electron chi connectivity index (χ4n) is 2.96. The zero-order valence-electron chi connectivity index (χ0n) is 19.0. The number of anilines is 1. The first-order valence-corrected chi connectivity index (χ1v) is 11.3. The number of carbonyl (C=O) groups is 2. The molecule has 1 aliphatic rings. The van der Waals surface area contributed by atoms with Gasteiger partial charge in [0.05, 0.1) is 18.9 Å². The van der Waals surface area contributed by atoms with E-state index >= 15 is 0 Å². The normalized spacial score (nSPS) is 17.4. The Morgan fingerprint density at radius 2 is 1.84 bits per heavy atom. The molecule has 8 heteroatoms. The van der Waals surface area contributed by atoms with Crippen LogP contribution in [0.3, 0.4) is 0 Å². The van der Waals surface area contributed by atoms with E-state index in [0.29, 0.717) is 19.8 Å². The fourth-order valence-corrected chi connectivity index (χ4v) is 3.89. The third-order valence-electron chi connectivity index (χ3n) is 4.68. The van der Waals surface area contributed by atoms with Crippen LogP contribution in [-0.2, 0) is 14.3 Å². The van der Waals surface area contributed by atoms with Gasteiger partial charge in [0.15, 0.2) is 0 Å². The maximum atomic E-state index is 12.7. The number of hydrogen-bond acceptors (Lipinski definition) is 6. The van der Waals surface area contributed by atoms with Crippen LogP contribution < -0.4 is 5.32 Å². The first kappa shape index (κ1) is 23.2. The summed E-state index contributed by atoms with van der Waals surface area (Å²) < 4.78 is 11.2. The van der Waals surface area contributed by atoms with Gasteiger partial charge in [0.25, 0.3) is 0 Å². The molecule has 1 atom stereocenters. The highest BCUT2D eigenvalue weighted by Crippen LogP contribution is 2.32. The summed E-state index contributed by atoms with van der Waals surface area (Å²) >= 11 is 1.50. The van der Waals surface area contributed by atoms with E-state index in [9.17, 15) is 9.59 Å². The number of carbonyl (C=O) groups excluding carboxylic acids is 2. The third kappa shape index (κ3) is 6.04. The van der Waals surface area contributed by atoms with Crippen molar-refractivity contribution in [2.75, 3.05) is 25.1 Å². The molecule has 7 nitrogen and oxygen atoms in total. The van der Waals surface area contributed by atoms with Crippen LogP contribution in [0.4, 0.5) is 10.5 Å². The number of benzene rings is 1. The fraction of sp³-hybridized carbons (Fsp3) is 0.522. The lowest BCUT2D eigenvalue weighted by molar-refractivity contribution is -0.123. The largest absolute Gasteiger partial charge is 0.444 e. The van der Waals surface area contributed by atoms with Crippen LogP contribution in [0.2, 0.25) is 0 Å². The third-order valence-corrected chi connectivity index (χ3v) is 5.63. The Morgan fingerprint density at radius 3 is 2.45 bits per heavy atom. The average Bonchev–Trinajstić information content (AvgIpc) is 3.16. The molecule has 1 aliphatic heterocycles. The van der Waals surface area contributed by atoms with Gasteiger partial charge in [-0.2, -0.15) is 0 Å². The zero-order valence-corrected chi connectivity index (χ0v) is 19.8. The quantitative estimate of drug-likeness (QED) is 0.711. The van der Waals surface area contributed by atoms with Crippen molar-refractivity contribution in [1.82, 2.24) is 9.88 Å². The Labute approximate surface area is 187 Å². The predicted octanol–water partition coefficient (Wildman–Crippen LogP) is 5.10.